The van der Waals surface area contributed by atoms with Gasteiger partial charge in [0.25, 0.3) is 11.8 Å². The average Bonchev–Trinajstić information content (AvgIpc) is 3.46. The Balaban J connectivity index is 1.36. The van der Waals surface area contributed by atoms with Crippen LogP contribution in [0.2, 0.25) is 0 Å². The van der Waals surface area contributed by atoms with Gasteiger partial charge in [-0.05, 0) is 36.1 Å². The molecule has 1 unspecified atom stereocenters. The number of anilines is 1. The van der Waals surface area contributed by atoms with Gasteiger partial charge in [-0.25, -0.2) is 0 Å². The van der Waals surface area contributed by atoms with E-state index >= 15 is 0 Å². The number of aromatic nitrogens is 1. The first-order chi connectivity index (χ1) is 19.5. The molecule has 0 bridgehead atoms. The van der Waals surface area contributed by atoms with E-state index in [-0.39, 0.29) is 12.5 Å². The van der Waals surface area contributed by atoms with E-state index in [1.807, 2.05) is 30.3 Å². The number of nitrogens with zero attached hydrogens (tertiary/aromatic N) is 3. The molecule has 1 aromatic heterocycles. The predicted octanol–water partition coefficient (Wildman–Crippen LogP) is 3.79. The molecule has 1 saturated heterocycles. The summed E-state index contributed by atoms with van der Waals surface area (Å²) in [5.74, 6) is -1.52. The fraction of sp³-hybridized carbons (Fsp3) is 0.258. The number of nitrogens with one attached hydrogen (secondary N) is 2. The van der Waals surface area contributed by atoms with Gasteiger partial charge in [0.2, 0.25) is 5.78 Å². The number of ether oxygens (including phenoxy) is 1. The summed E-state index contributed by atoms with van der Waals surface area (Å²) in [6.07, 6.45) is 2.64. The van der Waals surface area contributed by atoms with Gasteiger partial charge in [-0.15, -0.1) is 0 Å². The van der Waals surface area contributed by atoms with Crippen LogP contribution in [0.5, 0.6) is 5.75 Å². The SMILES string of the molecule is CNC(=O)c1ccc(-c2ncc(OC)c3c2NCC3C(=O)C(=O)N2CCC(=C(C#N)c3ccccc3)CC2)cc1. The van der Waals surface area contributed by atoms with Crippen LogP contribution >= 0.6 is 0 Å². The molecule has 0 saturated carbocycles. The first-order valence-electron chi connectivity index (χ1n) is 13.1. The minimum absolute atomic E-state index is 0.189. The lowest BCUT2D eigenvalue weighted by Crippen LogP contribution is -2.42. The summed E-state index contributed by atoms with van der Waals surface area (Å²) in [5, 5.41) is 15.6. The minimum Gasteiger partial charge on any atom is -0.495 e. The summed E-state index contributed by atoms with van der Waals surface area (Å²) in [7, 11) is 3.08. The van der Waals surface area contributed by atoms with Crippen molar-refractivity contribution in [1.29, 1.82) is 5.26 Å². The lowest BCUT2D eigenvalue weighted by Gasteiger charge is -2.29. The van der Waals surface area contributed by atoms with Crippen LogP contribution in [0.1, 0.15) is 40.2 Å². The summed E-state index contributed by atoms with van der Waals surface area (Å²) < 4.78 is 5.54. The Bertz CT molecular complexity index is 1530. The van der Waals surface area contributed by atoms with Gasteiger partial charge < -0.3 is 20.3 Å². The molecule has 5 rings (SSSR count). The van der Waals surface area contributed by atoms with Crippen LogP contribution in [-0.4, -0.2) is 61.3 Å². The molecule has 0 spiro atoms. The summed E-state index contributed by atoms with van der Waals surface area (Å²) in [4.78, 5) is 45.0. The highest BCUT2D eigenvalue weighted by atomic mass is 16.5. The summed E-state index contributed by atoms with van der Waals surface area (Å²) in [6, 6.07) is 18.8. The maximum Gasteiger partial charge on any atom is 0.290 e. The topological polar surface area (TPSA) is 124 Å². The van der Waals surface area contributed by atoms with Crippen LogP contribution in [0.15, 0.2) is 66.4 Å². The highest BCUT2D eigenvalue weighted by Gasteiger charge is 2.39. The van der Waals surface area contributed by atoms with Gasteiger partial charge >= 0.3 is 0 Å². The van der Waals surface area contributed by atoms with E-state index < -0.39 is 17.6 Å². The van der Waals surface area contributed by atoms with Crippen LogP contribution in [0.25, 0.3) is 16.8 Å². The fourth-order valence-corrected chi connectivity index (χ4v) is 5.36. The van der Waals surface area contributed by atoms with E-state index in [0.717, 1.165) is 16.7 Å². The molecule has 2 aliphatic heterocycles. The molecule has 1 atom stereocenters. The van der Waals surface area contributed by atoms with Crippen molar-refractivity contribution in [1.82, 2.24) is 15.2 Å². The lowest BCUT2D eigenvalue weighted by molar-refractivity contribution is -0.145. The van der Waals surface area contributed by atoms with Gasteiger partial charge in [0.15, 0.2) is 0 Å². The van der Waals surface area contributed by atoms with Gasteiger partial charge in [-0.1, -0.05) is 42.5 Å². The van der Waals surface area contributed by atoms with Crippen molar-refractivity contribution in [3.8, 4) is 23.1 Å². The normalized spacial score (nSPS) is 15.9. The number of rotatable bonds is 6. The third-order valence-corrected chi connectivity index (χ3v) is 7.49. The van der Waals surface area contributed by atoms with Crippen molar-refractivity contribution in [2.75, 3.05) is 39.1 Å². The first kappa shape index (κ1) is 26.6. The molecule has 2 aromatic carbocycles. The molecular weight excluding hydrogens is 506 g/mol. The number of methoxy groups -OCH3 is 1. The summed E-state index contributed by atoms with van der Waals surface area (Å²) >= 11 is 0. The Morgan fingerprint density at radius 1 is 1.05 bits per heavy atom. The van der Waals surface area contributed by atoms with Crippen LogP contribution < -0.4 is 15.4 Å². The number of allylic oxidation sites excluding steroid dienone is 1. The van der Waals surface area contributed by atoms with Gasteiger partial charge in [-0.2, -0.15) is 5.26 Å². The van der Waals surface area contributed by atoms with Gasteiger partial charge in [0.05, 0.1) is 42.2 Å². The van der Waals surface area contributed by atoms with Crippen molar-refractivity contribution in [3.05, 3.63) is 83.1 Å². The number of amides is 2. The van der Waals surface area contributed by atoms with Crippen molar-refractivity contribution >= 4 is 28.9 Å². The molecule has 2 amide bonds. The molecule has 0 radical (unpaired) electrons. The zero-order valence-electron chi connectivity index (χ0n) is 22.4. The second kappa shape index (κ2) is 11.4. The number of carbonyl (C=O) groups is 3. The Labute approximate surface area is 232 Å². The minimum atomic E-state index is -0.722. The van der Waals surface area contributed by atoms with Crippen molar-refractivity contribution in [3.63, 3.8) is 0 Å². The zero-order chi connectivity index (χ0) is 28.2. The monoisotopic (exact) mass is 535 g/mol. The van der Waals surface area contributed by atoms with E-state index in [2.05, 4.69) is 21.7 Å². The Morgan fingerprint density at radius 2 is 1.75 bits per heavy atom. The second-order valence-corrected chi connectivity index (χ2v) is 9.67. The number of nitriles is 1. The molecule has 9 heteroatoms. The highest BCUT2D eigenvalue weighted by molar-refractivity contribution is 6.38. The Hall–Kier alpha value is -4.97. The van der Waals surface area contributed by atoms with Crippen molar-refractivity contribution in [2.45, 2.75) is 18.8 Å². The van der Waals surface area contributed by atoms with Crippen LogP contribution in [0.4, 0.5) is 5.69 Å². The number of likely N-dealkylation sites (tertiary alicyclic amines) is 1. The molecule has 0 aliphatic carbocycles. The van der Waals surface area contributed by atoms with Gasteiger partial charge in [0.1, 0.15) is 5.75 Å². The maximum atomic E-state index is 13.6. The molecule has 40 heavy (non-hydrogen) atoms. The van der Waals surface area contributed by atoms with Crippen LogP contribution in [0.3, 0.4) is 0 Å². The molecule has 9 nitrogen and oxygen atoms in total. The third kappa shape index (κ3) is 4.92. The number of hydrogen-bond acceptors (Lipinski definition) is 7. The van der Waals surface area contributed by atoms with E-state index in [0.29, 0.717) is 59.8 Å². The molecule has 2 N–H and O–H groups in total. The van der Waals surface area contributed by atoms with E-state index in [1.54, 1.807) is 42.4 Å². The Morgan fingerprint density at radius 3 is 2.38 bits per heavy atom. The molecule has 202 valence electrons. The van der Waals surface area contributed by atoms with Gasteiger partial charge in [-0.3, -0.25) is 19.4 Å². The number of benzene rings is 2. The van der Waals surface area contributed by atoms with Crippen molar-refractivity contribution < 1.29 is 19.1 Å². The average molecular weight is 536 g/mol. The number of piperidine rings is 1. The molecule has 1 fully saturated rings. The second-order valence-electron chi connectivity index (χ2n) is 9.67. The zero-order valence-corrected chi connectivity index (χ0v) is 22.4. The molecule has 2 aliphatic rings. The fourth-order valence-electron chi connectivity index (χ4n) is 5.36. The number of pyridine rings is 1. The standard InChI is InChI=1S/C31H29N5O4/c1-33-30(38)22-10-8-21(9-11-22)27-28-26(25(40-2)18-35-27)24(17-34-28)29(37)31(39)36-14-12-20(13-15-36)23(16-32)19-6-4-3-5-7-19/h3-11,18,24,34H,12-15,17H2,1-2H3,(H,33,38). The van der Waals surface area contributed by atoms with Crippen molar-refractivity contribution in [2.24, 2.45) is 0 Å². The molecule has 3 heterocycles. The molecular formula is C31H29N5O4. The lowest BCUT2D eigenvalue weighted by atomic mass is 9.92. The Kier molecular flexibility index (Phi) is 7.60. The van der Waals surface area contributed by atoms with E-state index in [9.17, 15) is 19.6 Å². The summed E-state index contributed by atoms with van der Waals surface area (Å²) in [6.45, 7) is 1.000. The number of Topliss-reactive ketones (excluding diaryl/α,β-unsaturated/α-hetero) is 1. The first-order valence-corrected chi connectivity index (χ1v) is 13.1. The number of carbonyl (C=O) groups excluding carboxylic acids is 3. The quantitative estimate of drug-likeness (QED) is 0.363. The number of ketones is 1. The largest absolute Gasteiger partial charge is 0.495 e. The van der Waals surface area contributed by atoms with Crippen LogP contribution in [0, 0.1) is 11.3 Å². The highest BCUT2D eigenvalue weighted by Crippen LogP contribution is 2.44. The van der Waals surface area contributed by atoms with E-state index in [4.69, 9.17) is 4.74 Å². The molecule has 3 aromatic rings. The summed E-state index contributed by atoms with van der Waals surface area (Å²) in [5.41, 5.74) is 5.65. The number of hydrogen-bond donors (Lipinski definition) is 2. The number of fused-ring (bicyclic) bond motifs is 1. The maximum absolute atomic E-state index is 13.6. The van der Waals surface area contributed by atoms with E-state index in [1.165, 1.54) is 7.11 Å². The van der Waals surface area contributed by atoms with Gasteiger partial charge in [0, 0.05) is 43.4 Å². The smallest absolute Gasteiger partial charge is 0.290 e. The predicted molar refractivity (Wildman–Crippen MR) is 151 cm³/mol. The van der Waals surface area contributed by atoms with Crippen LogP contribution in [-0.2, 0) is 9.59 Å². The third-order valence-electron chi connectivity index (χ3n) is 7.49.